The fourth-order valence-corrected chi connectivity index (χ4v) is 4.50. The molecule has 1 aliphatic carbocycles. The average Bonchev–Trinajstić information content (AvgIpc) is 3.32. The number of benzene rings is 2. The van der Waals surface area contributed by atoms with E-state index >= 15 is 0 Å². The zero-order valence-electron chi connectivity index (χ0n) is 12.9. The van der Waals surface area contributed by atoms with Gasteiger partial charge in [0.2, 0.25) is 0 Å². The quantitative estimate of drug-likeness (QED) is 0.881. The molecule has 2 aromatic carbocycles. The summed E-state index contributed by atoms with van der Waals surface area (Å²) in [7, 11) is -1.83. The molecule has 0 saturated heterocycles. The molecule has 2 N–H and O–H groups in total. The first-order valence-electron chi connectivity index (χ1n) is 7.73. The van der Waals surface area contributed by atoms with E-state index in [4.69, 9.17) is 5.73 Å². The second-order valence-corrected chi connectivity index (χ2v) is 8.16. The molecule has 0 spiro atoms. The number of hydrogen-bond acceptors (Lipinski definition) is 3. The molecular weight excluding hydrogens is 310 g/mol. The first-order chi connectivity index (χ1) is 11.0. The van der Waals surface area contributed by atoms with Gasteiger partial charge in [0.25, 0.3) is 0 Å². The molecule has 0 amide bonds. The van der Waals surface area contributed by atoms with Crippen molar-refractivity contribution in [3.63, 3.8) is 0 Å². The Morgan fingerprint density at radius 1 is 1.09 bits per heavy atom. The second-order valence-electron chi connectivity index (χ2n) is 6.28. The summed E-state index contributed by atoms with van der Waals surface area (Å²) in [5.74, 6) is 0.498. The molecule has 0 aromatic heterocycles. The van der Waals surface area contributed by atoms with Crippen LogP contribution in [0.25, 0.3) is 11.1 Å². The summed E-state index contributed by atoms with van der Waals surface area (Å²) >= 11 is 0. The number of rotatable bonds is 3. The Hall–Kier alpha value is -2.21. The summed E-state index contributed by atoms with van der Waals surface area (Å²) in [6, 6.07) is 13.4. The lowest BCUT2D eigenvalue weighted by atomic mass is 10.0. The van der Waals surface area contributed by atoms with Crippen LogP contribution < -0.4 is 14.3 Å². The lowest BCUT2D eigenvalue weighted by molar-refractivity contribution is 0.590. The van der Waals surface area contributed by atoms with E-state index in [0.29, 0.717) is 18.2 Å². The van der Waals surface area contributed by atoms with Crippen LogP contribution in [0.2, 0.25) is 0 Å². The van der Waals surface area contributed by atoms with Crippen LogP contribution in [0.1, 0.15) is 12.8 Å². The fourth-order valence-electron chi connectivity index (χ4n) is 3.01. The molecule has 4 rings (SSSR count). The number of nitrogens with zero attached hydrogens (tertiary/aromatic N) is 2. The normalized spacial score (nSPS) is 19.0. The van der Waals surface area contributed by atoms with Crippen LogP contribution >= 0.6 is 0 Å². The maximum atomic E-state index is 12.6. The maximum absolute atomic E-state index is 12.6. The van der Waals surface area contributed by atoms with Crippen LogP contribution in [-0.2, 0) is 10.2 Å². The van der Waals surface area contributed by atoms with Crippen LogP contribution in [0.4, 0.5) is 17.1 Å². The highest BCUT2D eigenvalue weighted by molar-refractivity contribution is 7.94. The van der Waals surface area contributed by atoms with Gasteiger partial charge in [0.1, 0.15) is 0 Å². The summed E-state index contributed by atoms with van der Waals surface area (Å²) in [6.07, 6.45) is 2.24. The van der Waals surface area contributed by atoms with E-state index in [1.165, 1.54) is 4.31 Å². The molecule has 2 aromatic rings. The smallest absolute Gasteiger partial charge is 0.326 e. The number of nitrogens with two attached hydrogens (primary N) is 1. The van der Waals surface area contributed by atoms with Gasteiger partial charge < -0.3 is 5.73 Å². The Labute approximate surface area is 136 Å². The minimum atomic E-state index is -3.45. The highest BCUT2D eigenvalue weighted by Crippen LogP contribution is 2.44. The van der Waals surface area contributed by atoms with Gasteiger partial charge in [-0.15, -0.1) is 0 Å². The topological polar surface area (TPSA) is 66.6 Å². The first-order valence-corrected chi connectivity index (χ1v) is 9.13. The van der Waals surface area contributed by atoms with E-state index in [-0.39, 0.29) is 0 Å². The maximum Gasteiger partial charge on any atom is 0.326 e. The van der Waals surface area contributed by atoms with Crippen molar-refractivity contribution in [3.05, 3.63) is 42.5 Å². The third-order valence-corrected chi connectivity index (χ3v) is 6.34. The SMILES string of the molecule is CN1c2cc(-c3cccc(N)c3)ccc2N(CC2CC2)S1(=O)=O. The van der Waals surface area contributed by atoms with Gasteiger partial charge >= 0.3 is 10.2 Å². The largest absolute Gasteiger partial charge is 0.399 e. The third-order valence-electron chi connectivity index (χ3n) is 4.55. The molecule has 120 valence electrons. The summed E-state index contributed by atoms with van der Waals surface area (Å²) in [6.45, 7) is 0.581. The Kier molecular flexibility index (Phi) is 3.06. The third kappa shape index (κ3) is 2.34. The van der Waals surface area contributed by atoms with Gasteiger partial charge in [-0.1, -0.05) is 18.2 Å². The van der Waals surface area contributed by atoms with Gasteiger partial charge in [0, 0.05) is 19.3 Å². The lowest BCUT2D eigenvalue weighted by Gasteiger charge is -2.18. The number of anilines is 3. The van der Waals surface area contributed by atoms with Crippen molar-refractivity contribution in [3.8, 4) is 11.1 Å². The molecule has 1 fully saturated rings. The molecule has 0 unspecified atom stereocenters. The molecule has 5 nitrogen and oxygen atoms in total. The van der Waals surface area contributed by atoms with Crippen molar-refractivity contribution >= 4 is 27.3 Å². The summed E-state index contributed by atoms with van der Waals surface area (Å²) < 4.78 is 28.2. The molecule has 2 aliphatic rings. The van der Waals surface area contributed by atoms with Gasteiger partial charge in [-0.25, -0.2) is 0 Å². The molecule has 0 radical (unpaired) electrons. The van der Waals surface area contributed by atoms with Crippen LogP contribution in [0.5, 0.6) is 0 Å². The van der Waals surface area contributed by atoms with Gasteiger partial charge in [-0.05, 0) is 54.2 Å². The van der Waals surface area contributed by atoms with E-state index in [2.05, 4.69) is 0 Å². The van der Waals surface area contributed by atoms with Crippen LogP contribution in [0.3, 0.4) is 0 Å². The van der Waals surface area contributed by atoms with E-state index in [1.807, 2.05) is 42.5 Å². The van der Waals surface area contributed by atoms with E-state index in [0.717, 1.165) is 35.3 Å². The predicted molar refractivity (Wildman–Crippen MR) is 93.7 cm³/mol. The Bertz CT molecular complexity index is 875. The van der Waals surface area contributed by atoms with E-state index in [9.17, 15) is 8.42 Å². The van der Waals surface area contributed by atoms with Gasteiger partial charge in [0.15, 0.2) is 0 Å². The molecule has 23 heavy (non-hydrogen) atoms. The van der Waals surface area contributed by atoms with Crippen molar-refractivity contribution in [2.45, 2.75) is 12.8 Å². The zero-order chi connectivity index (χ0) is 16.2. The number of fused-ring (bicyclic) bond motifs is 1. The Morgan fingerprint density at radius 2 is 1.83 bits per heavy atom. The molecule has 0 atom stereocenters. The summed E-state index contributed by atoms with van der Waals surface area (Å²) in [4.78, 5) is 0. The predicted octanol–water partition coefficient (Wildman–Crippen LogP) is 2.85. The minimum Gasteiger partial charge on any atom is -0.399 e. The fraction of sp³-hybridized carbons (Fsp3) is 0.294. The van der Waals surface area contributed by atoms with Crippen LogP contribution in [0, 0.1) is 5.92 Å². The number of hydrogen-bond donors (Lipinski definition) is 1. The molecule has 6 heteroatoms. The van der Waals surface area contributed by atoms with Crippen molar-refractivity contribution < 1.29 is 8.42 Å². The highest BCUT2D eigenvalue weighted by atomic mass is 32.2. The van der Waals surface area contributed by atoms with Gasteiger partial charge in [0.05, 0.1) is 11.4 Å². The molecule has 1 aliphatic heterocycles. The van der Waals surface area contributed by atoms with E-state index < -0.39 is 10.2 Å². The molecule has 0 bridgehead atoms. The lowest BCUT2D eigenvalue weighted by Crippen LogP contribution is -2.36. The van der Waals surface area contributed by atoms with Crippen LogP contribution in [-0.4, -0.2) is 22.0 Å². The van der Waals surface area contributed by atoms with Crippen molar-refractivity contribution in [1.29, 1.82) is 0 Å². The van der Waals surface area contributed by atoms with Crippen molar-refractivity contribution in [2.75, 3.05) is 27.9 Å². The van der Waals surface area contributed by atoms with Gasteiger partial charge in [-0.3, -0.25) is 8.61 Å². The minimum absolute atomic E-state index is 0.498. The van der Waals surface area contributed by atoms with E-state index in [1.54, 1.807) is 11.4 Å². The summed E-state index contributed by atoms with van der Waals surface area (Å²) in [5, 5.41) is 0. The summed E-state index contributed by atoms with van der Waals surface area (Å²) in [5.41, 5.74) is 9.99. The molecule has 1 saturated carbocycles. The zero-order valence-corrected chi connectivity index (χ0v) is 13.8. The molecule has 1 heterocycles. The second kappa shape index (κ2) is 4.89. The Morgan fingerprint density at radius 3 is 2.52 bits per heavy atom. The van der Waals surface area contributed by atoms with Crippen LogP contribution in [0.15, 0.2) is 42.5 Å². The first kappa shape index (κ1) is 14.4. The monoisotopic (exact) mass is 329 g/mol. The average molecular weight is 329 g/mol. The van der Waals surface area contributed by atoms with Crippen molar-refractivity contribution in [2.24, 2.45) is 5.92 Å². The highest BCUT2D eigenvalue weighted by Gasteiger charge is 2.40. The van der Waals surface area contributed by atoms with Crippen molar-refractivity contribution in [1.82, 2.24) is 0 Å². The number of nitrogen functional groups attached to an aromatic ring is 1. The van der Waals surface area contributed by atoms with Gasteiger partial charge in [-0.2, -0.15) is 8.42 Å². The standard InChI is InChI=1S/C17H19N3O2S/c1-19-17-10-14(13-3-2-4-15(18)9-13)7-8-16(17)20(23(19,21)22)11-12-5-6-12/h2-4,7-10,12H,5-6,11,18H2,1H3. The Balaban J connectivity index is 1.79. The molecular formula is C17H19N3O2S.